The predicted octanol–water partition coefficient (Wildman–Crippen LogP) is 1.53. The van der Waals surface area contributed by atoms with Gasteiger partial charge in [0.15, 0.2) is 0 Å². The zero-order valence-corrected chi connectivity index (χ0v) is 7.07. The number of aryl methyl sites for hydroxylation is 1. The second-order valence-corrected chi connectivity index (χ2v) is 2.47. The molecule has 0 unspecified atom stereocenters. The number of nitrogens with one attached hydrogen (secondary N) is 1. The lowest BCUT2D eigenvalue weighted by molar-refractivity contribution is -0.105. The molecule has 1 N–H and O–H groups in total. The van der Waals surface area contributed by atoms with Crippen LogP contribution in [0.3, 0.4) is 0 Å². The number of hydrogen-bond donors (Lipinski definition) is 1. The molecule has 0 atom stereocenters. The number of nitrogens with zero attached hydrogens (tertiary/aromatic N) is 1. The van der Waals surface area contributed by atoms with Crippen LogP contribution in [0.15, 0.2) is 23.2 Å². The lowest BCUT2D eigenvalue weighted by Gasteiger charge is -2.01. The minimum atomic E-state index is 0.562. The van der Waals surface area contributed by atoms with Crippen molar-refractivity contribution >= 4 is 23.9 Å². The van der Waals surface area contributed by atoms with E-state index in [9.17, 15) is 9.59 Å². The normalized spacial score (nSPS) is 8.69. The molecule has 4 nitrogen and oxygen atoms in total. The third-order valence-electron chi connectivity index (χ3n) is 1.59. The number of isocyanates is 1. The van der Waals surface area contributed by atoms with E-state index < -0.39 is 0 Å². The van der Waals surface area contributed by atoms with Gasteiger partial charge in [-0.2, -0.15) is 4.99 Å². The van der Waals surface area contributed by atoms with E-state index in [2.05, 4.69) is 10.3 Å². The number of benzene rings is 1. The summed E-state index contributed by atoms with van der Waals surface area (Å²) in [5, 5.41) is 2.50. The van der Waals surface area contributed by atoms with Gasteiger partial charge in [0.05, 0.1) is 5.69 Å². The van der Waals surface area contributed by atoms with Gasteiger partial charge in [-0.3, -0.25) is 4.79 Å². The molecule has 1 amide bonds. The fourth-order valence-electron chi connectivity index (χ4n) is 0.988. The molecule has 66 valence electrons. The summed E-state index contributed by atoms with van der Waals surface area (Å²) in [5.41, 5.74) is 2.05. The summed E-state index contributed by atoms with van der Waals surface area (Å²) in [6.45, 7) is 1.80. The van der Waals surface area contributed by atoms with Crippen LogP contribution in [0.25, 0.3) is 0 Å². The highest BCUT2D eigenvalue weighted by Gasteiger charge is 1.97. The van der Waals surface area contributed by atoms with E-state index in [1.807, 2.05) is 0 Å². The van der Waals surface area contributed by atoms with E-state index in [4.69, 9.17) is 0 Å². The standard InChI is InChI=1S/C9H8N2O2/c1-7-4-8(10-5-12)2-3-9(7)11-6-13/h2-5H,1H3,(H,10,12). The number of carbonyl (C=O) groups excluding carboxylic acids is 2. The molecule has 0 bridgehead atoms. The minimum absolute atomic E-state index is 0.562. The molecule has 0 aliphatic rings. The van der Waals surface area contributed by atoms with Crippen LogP contribution in [0.2, 0.25) is 0 Å². The number of hydrogen-bond acceptors (Lipinski definition) is 3. The van der Waals surface area contributed by atoms with Gasteiger partial charge in [0, 0.05) is 5.69 Å². The van der Waals surface area contributed by atoms with Crippen molar-refractivity contribution < 1.29 is 9.59 Å². The van der Waals surface area contributed by atoms with Gasteiger partial charge in [-0.05, 0) is 30.7 Å². The Hall–Kier alpha value is -1.93. The SMILES string of the molecule is Cc1cc(NC=O)ccc1N=C=O. The zero-order valence-electron chi connectivity index (χ0n) is 7.07. The fraction of sp³-hybridized carbons (Fsp3) is 0.111. The average molecular weight is 176 g/mol. The molecule has 0 heterocycles. The van der Waals surface area contributed by atoms with Crippen LogP contribution >= 0.6 is 0 Å². The molecular weight excluding hydrogens is 168 g/mol. The van der Waals surface area contributed by atoms with Crippen molar-refractivity contribution in [3.63, 3.8) is 0 Å². The van der Waals surface area contributed by atoms with Crippen LogP contribution in [-0.2, 0) is 9.59 Å². The van der Waals surface area contributed by atoms with Crippen molar-refractivity contribution in [2.24, 2.45) is 4.99 Å². The minimum Gasteiger partial charge on any atom is -0.329 e. The first-order chi connectivity index (χ1) is 6.27. The van der Waals surface area contributed by atoms with Gasteiger partial charge < -0.3 is 5.32 Å². The van der Waals surface area contributed by atoms with Gasteiger partial charge in [-0.1, -0.05) is 0 Å². The Kier molecular flexibility index (Phi) is 2.95. The number of aliphatic imine (C=N–C) groups is 1. The number of anilines is 1. The predicted molar refractivity (Wildman–Crippen MR) is 48.6 cm³/mol. The van der Waals surface area contributed by atoms with Crippen LogP contribution in [-0.4, -0.2) is 12.5 Å². The van der Waals surface area contributed by atoms with Gasteiger partial charge in [0.1, 0.15) is 0 Å². The molecule has 0 saturated heterocycles. The molecule has 1 rings (SSSR count). The number of amides is 1. The Bertz CT molecular complexity index is 368. The summed E-state index contributed by atoms with van der Waals surface area (Å²) in [6.07, 6.45) is 2.06. The maximum absolute atomic E-state index is 10.1. The van der Waals surface area contributed by atoms with Gasteiger partial charge in [-0.15, -0.1) is 0 Å². The molecular formula is C9H8N2O2. The summed E-state index contributed by atoms with van der Waals surface area (Å²) in [4.78, 5) is 23.6. The van der Waals surface area contributed by atoms with Crippen LogP contribution < -0.4 is 5.32 Å². The first-order valence-corrected chi connectivity index (χ1v) is 3.66. The van der Waals surface area contributed by atoms with Gasteiger partial charge in [0.2, 0.25) is 12.5 Å². The molecule has 0 aliphatic carbocycles. The second kappa shape index (κ2) is 4.18. The molecule has 1 aromatic rings. The fourth-order valence-corrected chi connectivity index (χ4v) is 0.988. The summed E-state index contributed by atoms with van der Waals surface area (Å²) in [5.74, 6) is 0. The maximum atomic E-state index is 10.1. The van der Waals surface area contributed by atoms with Crippen LogP contribution in [0, 0.1) is 6.92 Å². The first-order valence-electron chi connectivity index (χ1n) is 3.66. The van der Waals surface area contributed by atoms with Crippen LogP contribution in [0.1, 0.15) is 5.56 Å². The topological polar surface area (TPSA) is 58.5 Å². The molecule has 0 spiro atoms. The largest absolute Gasteiger partial charge is 0.329 e. The highest BCUT2D eigenvalue weighted by molar-refractivity contribution is 5.73. The smallest absolute Gasteiger partial charge is 0.240 e. The lowest BCUT2D eigenvalue weighted by atomic mass is 10.2. The average Bonchev–Trinajstić information content (AvgIpc) is 2.10. The zero-order chi connectivity index (χ0) is 9.68. The van der Waals surface area contributed by atoms with E-state index in [1.165, 1.54) is 6.08 Å². The van der Waals surface area contributed by atoms with E-state index in [0.29, 0.717) is 17.8 Å². The Morgan fingerprint density at radius 1 is 1.54 bits per heavy atom. The number of carbonyl (C=O) groups is 1. The number of rotatable bonds is 3. The van der Waals surface area contributed by atoms with Crippen LogP contribution in [0.4, 0.5) is 11.4 Å². The quantitative estimate of drug-likeness (QED) is 0.431. The first kappa shape index (κ1) is 9.16. The summed E-state index contributed by atoms with van der Waals surface area (Å²) in [6, 6.07) is 5.04. The van der Waals surface area contributed by atoms with Crippen molar-refractivity contribution in [1.29, 1.82) is 0 Å². The monoisotopic (exact) mass is 176 g/mol. The van der Waals surface area contributed by atoms with E-state index in [1.54, 1.807) is 25.1 Å². The molecule has 0 radical (unpaired) electrons. The molecule has 0 aliphatic heterocycles. The Morgan fingerprint density at radius 2 is 2.31 bits per heavy atom. The van der Waals surface area contributed by atoms with E-state index in [0.717, 1.165) is 5.56 Å². The van der Waals surface area contributed by atoms with Crippen molar-refractivity contribution in [2.45, 2.75) is 6.92 Å². The summed E-state index contributed by atoms with van der Waals surface area (Å²) < 4.78 is 0. The molecule has 1 aromatic carbocycles. The highest BCUT2D eigenvalue weighted by atomic mass is 16.1. The maximum Gasteiger partial charge on any atom is 0.240 e. The van der Waals surface area contributed by atoms with Gasteiger partial charge >= 0.3 is 0 Å². The molecule has 13 heavy (non-hydrogen) atoms. The highest BCUT2D eigenvalue weighted by Crippen LogP contribution is 2.21. The third-order valence-corrected chi connectivity index (χ3v) is 1.59. The molecule has 4 heteroatoms. The Morgan fingerprint density at radius 3 is 2.85 bits per heavy atom. The molecule has 0 saturated carbocycles. The van der Waals surface area contributed by atoms with Crippen molar-refractivity contribution in [3.8, 4) is 0 Å². The summed E-state index contributed by atoms with van der Waals surface area (Å²) in [7, 11) is 0. The van der Waals surface area contributed by atoms with E-state index >= 15 is 0 Å². The molecule has 0 aromatic heterocycles. The summed E-state index contributed by atoms with van der Waals surface area (Å²) >= 11 is 0. The third kappa shape index (κ3) is 2.25. The Labute approximate surface area is 75.3 Å². The van der Waals surface area contributed by atoms with Gasteiger partial charge in [-0.25, -0.2) is 4.79 Å². The van der Waals surface area contributed by atoms with Crippen molar-refractivity contribution in [1.82, 2.24) is 0 Å². The van der Waals surface area contributed by atoms with E-state index in [-0.39, 0.29) is 0 Å². The van der Waals surface area contributed by atoms with Crippen LogP contribution in [0.5, 0.6) is 0 Å². The molecule has 0 fully saturated rings. The lowest BCUT2D eigenvalue weighted by Crippen LogP contribution is -1.93. The Balaban J connectivity index is 3.04. The van der Waals surface area contributed by atoms with Crippen molar-refractivity contribution in [2.75, 3.05) is 5.32 Å². The van der Waals surface area contributed by atoms with Crippen molar-refractivity contribution in [3.05, 3.63) is 23.8 Å². The second-order valence-electron chi connectivity index (χ2n) is 2.47. The van der Waals surface area contributed by atoms with Gasteiger partial charge in [0.25, 0.3) is 0 Å².